The molecule has 0 amide bonds. The van der Waals surface area contributed by atoms with Crippen molar-refractivity contribution in [1.29, 1.82) is 0 Å². The first-order chi connectivity index (χ1) is 6.72. The third-order valence-electron chi connectivity index (χ3n) is 2.69. The second-order valence-corrected chi connectivity index (χ2v) is 5.66. The fourth-order valence-corrected chi connectivity index (χ4v) is 1.82. The lowest BCUT2D eigenvalue weighted by molar-refractivity contribution is -0.144. The van der Waals surface area contributed by atoms with E-state index in [1.165, 1.54) is 12.8 Å². The zero-order valence-corrected chi connectivity index (χ0v) is 10.9. The summed E-state index contributed by atoms with van der Waals surface area (Å²) in [5.41, 5.74) is -1.60. The minimum atomic E-state index is -1.15. The van der Waals surface area contributed by atoms with Crippen molar-refractivity contribution in [2.45, 2.75) is 72.3 Å². The van der Waals surface area contributed by atoms with Gasteiger partial charge in [-0.25, -0.2) is 0 Å². The molecule has 0 aromatic heterocycles. The number of rotatable bonds is 6. The van der Waals surface area contributed by atoms with E-state index in [9.17, 15) is 9.90 Å². The summed E-state index contributed by atoms with van der Waals surface area (Å²) in [6.07, 6.45) is 4.98. The number of unbranched alkanes of at least 4 members (excludes halogenated alkanes) is 3. The van der Waals surface area contributed by atoms with Gasteiger partial charge in [-0.2, -0.15) is 0 Å². The predicted molar refractivity (Wildman–Crippen MR) is 63.8 cm³/mol. The quantitative estimate of drug-likeness (QED) is 0.689. The molecule has 0 radical (unpaired) electrons. The van der Waals surface area contributed by atoms with Crippen molar-refractivity contribution in [3.05, 3.63) is 0 Å². The molecule has 1 unspecified atom stereocenters. The molecule has 0 aliphatic carbocycles. The Morgan fingerprint density at radius 2 is 1.60 bits per heavy atom. The van der Waals surface area contributed by atoms with Crippen LogP contribution in [0.15, 0.2) is 0 Å². The number of hydrogen-bond donors (Lipinski definition) is 1. The Morgan fingerprint density at radius 1 is 1.07 bits per heavy atom. The van der Waals surface area contributed by atoms with Crippen molar-refractivity contribution in [3.63, 3.8) is 0 Å². The van der Waals surface area contributed by atoms with E-state index in [0.717, 1.165) is 12.8 Å². The second kappa shape index (κ2) is 5.64. The van der Waals surface area contributed by atoms with E-state index in [1.54, 1.807) is 6.92 Å². The average Bonchev–Trinajstić information content (AvgIpc) is 2.10. The van der Waals surface area contributed by atoms with Crippen molar-refractivity contribution < 1.29 is 9.90 Å². The molecule has 0 aliphatic rings. The highest BCUT2D eigenvalue weighted by Gasteiger charge is 2.37. The SMILES string of the molecule is CCCCCCC(C)(O)C(=O)C(C)(C)C. The summed E-state index contributed by atoms with van der Waals surface area (Å²) in [4.78, 5) is 11.9. The molecule has 0 saturated heterocycles. The molecule has 0 aromatic carbocycles. The number of ketones is 1. The molecule has 0 saturated carbocycles. The smallest absolute Gasteiger partial charge is 0.169 e. The van der Waals surface area contributed by atoms with Crippen LogP contribution >= 0.6 is 0 Å². The van der Waals surface area contributed by atoms with Gasteiger partial charge in [-0.15, -0.1) is 0 Å². The summed E-state index contributed by atoms with van der Waals surface area (Å²) in [6, 6.07) is 0. The fourth-order valence-electron chi connectivity index (χ4n) is 1.82. The maximum absolute atomic E-state index is 11.9. The zero-order chi connectivity index (χ0) is 12.1. The van der Waals surface area contributed by atoms with Gasteiger partial charge in [0.1, 0.15) is 5.60 Å². The Morgan fingerprint density at radius 3 is 2.00 bits per heavy atom. The summed E-state index contributed by atoms with van der Waals surface area (Å²) in [7, 11) is 0. The van der Waals surface area contributed by atoms with E-state index >= 15 is 0 Å². The Labute approximate surface area is 94.1 Å². The van der Waals surface area contributed by atoms with Crippen LogP contribution in [0, 0.1) is 5.41 Å². The highest BCUT2D eigenvalue weighted by molar-refractivity contribution is 5.91. The lowest BCUT2D eigenvalue weighted by atomic mass is 9.79. The van der Waals surface area contributed by atoms with Gasteiger partial charge >= 0.3 is 0 Å². The highest BCUT2D eigenvalue weighted by Crippen LogP contribution is 2.26. The van der Waals surface area contributed by atoms with Gasteiger partial charge in [-0.3, -0.25) is 4.79 Å². The van der Waals surface area contributed by atoms with Crippen LogP contribution in [-0.2, 0) is 4.79 Å². The normalized spacial score (nSPS) is 16.1. The molecule has 0 spiro atoms. The summed E-state index contributed by atoms with van der Waals surface area (Å²) in [5.74, 6) is -0.0495. The molecule has 15 heavy (non-hydrogen) atoms. The first-order valence-corrected chi connectivity index (χ1v) is 5.99. The van der Waals surface area contributed by atoms with Gasteiger partial charge in [-0.1, -0.05) is 53.4 Å². The number of hydrogen-bond acceptors (Lipinski definition) is 2. The van der Waals surface area contributed by atoms with E-state index in [1.807, 2.05) is 20.8 Å². The highest BCUT2D eigenvalue weighted by atomic mass is 16.3. The van der Waals surface area contributed by atoms with Gasteiger partial charge in [0.05, 0.1) is 0 Å². The molecular weight excluding hydrogens is 188 g/mol. The first-order valence-electron chi connectivity index (χ1n) is 5.99. The fraction of sp³-hybridized carbons (Fsp3) is 0.923. The maximum Gasteiger partial charge on any atom is 0.169 e. The van der Waals surface area contributed by atoms with Crippen LogP contribution in [0.1, 0.15) is 66.7 Å². The van der Waals surface area contributed by atoms with Crippen molar-refractivity contribution in [2.24, 2.45) is 5.41 Å². The monoisotopic (exact) mass is 214 g/mol. The number of aliphatic hydroxyl groups is 1. The topological polar surface area (TPSA) is 37.3 Å². The van der Waals surface area contributed by atoms with Crippen molar-refractivity contribution >= 4 is 5.78 Å². The molecule has 2 heteroatoms. The van der Waals surface area contributed by atoms with Crippen LogP contribution in [0.25, 0.3) is 0 Å². The first kappa shape index (κ1) is 14.6. The van der Waals surface area contributed by atoms with Crippen LogP contribution in [0.5, 0.6) is 0 Å². The molecule has 2 nitrogen and oxygen atoms in total. The van der Waals surface area contributed by atoms with E-state index in [2.05, 4.69) is 6.92 Å². The second-order valence-electron chi connectivity index (χ2n) is 5.66. The molecule has 1 atom stereocenters. The van der Waals surface area contributed by atoms with Crippen LogP contribution < -0.4 is 0 Å². The van der Waals surface area contributed by atoms with Crippen molar-refractivity contribution in [1.82, 2.24) is 0 Å². The zero-order valence-electron chi connectivity index (χ0n) is 10.9. The van der Waals surface area contributed by atoms with E-state index in [0.29, 0.717) is 6.42 Å². The minimum Gasteiger partial charge on any atom is -0.382 e. The maximum atomic E-state index is 11.9. The predicted octanol–water partition coefficient (Wildman–Crippen LogP) is 3.32. The lowest BCUT2D eigenvalue weighted by Gasteiger charge is -2.29. The number of carbonyl (C=O) groups excluding carboxylic acids is 1. The molecule has 0 rings (SSSR count). The Kier molecular flexibility index (Phi) is 5.50. The van der Waals surface area contributed by atoms with Gasteiger partial charge in [0, 0.05) is 5.41 Å². The van der Waals surface area contributed by atoms with Gasteiger partial charge in [0.25, 0.3) is 0 Å². The van der Waals surface area contributed by atoms with Crippen LogP contribution in [-0.4, -0.2) is 16.5 Å². The molecular formula is C13H26O2. The number of Topliss-reactive ketones (excluding diaryl/α,β-unsaturated/α-hetero) is 1. The average molecular weight is 214 g/mol. The third-order valence-corrected chi connectivity index (χ3v) is 2.69. The minimum absolute atomic E-state index is 0.0495. The van der Waals surface area contributed by atoms with Crippen molar-refractivity contribution in [2.75, 3.05) is 0 Å². The molecule has 0 aliphatic heterocycles. The Hall–Kier alpha value is -0.370. The van der Waals surface area contributed by atoms with Crippen molar-refractivity contribution in [3.8, 4) is 0 Å². The van der Waals surface area contributed by atoms with Crippen LogP contribution in [0.2, 0.25) is 0 Å². The van der Waals surface area contributed by atoms with E-state index < -0.39 is 11.0 Å². The van der Waals surface area contributed by atoms with Gasteiger partial charge < -0.3 is 5.11 Å². The molecule has 0 fully saturated rings. The Balaban J connectivity index is 4.12. The molecule has 0 aromatic rings. The molecule has 0 bridgehead atoms. The summed E-state index contributed by atoms with van der Waals surface area (Å²) < 4.78 is 0. The number of carbonyl (C=O) groups is 1. The standard InChI is InChI=1S/C13H26O2/c1-6-7-8-9-10-13(5,15)11(14)12(2,3)4/h15H,6-10H2,1-5H3. The Bertz CT molecular complexity index is 199. The van der Waals surface area contributed by atoms with Crippen LogP contribution in [0.3, 0.4) is 0 Å². The lowest BCUT2D eigenvalue weighted by Crippen LogP contribution is -2.42. The largest absolute Gasteiger partial charge is 0.382 e. The van der Waals surface area contributed by atoms with E-state index in [4.69, 9.17) is 0 Å². The van der Waals surface area contributed by atoms with Gasteiger partial charge in [0.2, 0.25) is 0 Å². The van der Waals surface area contributed by atoms with Crippen LogP contribution in [0.4, 0.5) is 0 Å². The molecule has 0 heterocycles. The molecule has 1 N–H and O–H groups in total. The van der Waals surface area contributed by atoms with E-state index in [-0.39, 0.29) is 5.78 Å². The van der Waals surface area contributed by atoms with Gasteiger partial charge in [0.15, 0.2) is 5.78 Å². The summed E-state index contributed by atoms with van der Waals surface area (Å²) in [6.45, 7) is 9.37. The summed E-state index contributed by atoms with van der Waals surface area (Å²) >= 11 is 0. The summed E-state index contributed by atoms with van der Waals surface area (Å²) in [5, 5.41) is 10.1. The third kappa shape index (κ3) is 5.31. The van der Waals surface area contributed by atoms with Gasteiger partial charge in [-0.05, 0) is 13.3 Å². The molecule has 90 valence electrons.